The molecular weight excluding hydrogens is 216 g/mol. The third kappa shape index (κ3) is 1.71. The Kier molecular flexibility index (Phi) is 2.57. The fourth-order valence-electron chi connectivity index (χ4n) is 2.34. The lowest BCUT2D eigenvalue weighted by atomic mass is 10.0. The first kappa shape index (κ1) is 10.7. The highest BCUT2D eigenvalue weighted by Gasteiger charge is 2.30. The van der Waals surface area contributed by atoms with Gasteiger partial charge in [0.2, 0.25) is 0 Å². The number of likely N-dealkylation sites (N-methyl/N-ethyl adjacent to an activating group) is 1. The molecule has 1 aliphatic heterocycles. The Labute approximate surface area is 99.6 Å². The fourth-order valence-corrected chi connectivity index (χ4v) is 2.34. The second-order valence-electron chi connectivity index (χ2n) is 4.49. The van der Waals surface area contributed by atoms with E-state index in [1.165, 1.54) is 5.56 Å². The molecule has 5 nitrogen and oxygen atoms in total. The molecule has 3 rings (SSSR count). The third-order valence-electron chi connectivity index (χ3n) is 3.42. The lowest BCUT2D eigenvalue weighted by Crippen LogP contribution is -2.31. The first-order chi connectivity index (χ1) is 8.29. The summed E-state index contributed by atoms with van der Waals surface area (Å²) in [4.78, 5) is 12.2. The molecule has 2 aromatic rings. The maximum Gasteiger partial charge on any atom is 0.177 e. The largest absolute Gasteiger partial charge is 0.379 e. The quantitative estimate of drug-likeness (QED) is 0.810. The van der Waals surface area contributed by atoms with Crippen molar-refractivity contribution in [2.45, 2.75) is 18.9 Å². The number of aromatic nitrogens is 3. The van der Waals surface area contributed by atoms with Crippen LogP contribution in [0, 0.1) is 6.92 Å². The van der Waals surface area contributed by atoms with Crippen molar-refractivity contribution in [1.82, 2.24) is 20.3 Å². The summed E-state index contributed by atoms with van der Waals surface area (Å²) in [7, 11) is 1.96. The molecule has 1 fully saturated rings. The van der Waals surface area contributed by atoms with Crippen molar-refractivity contribution in [3.8, 4) is 0 Å². The number of aryl methyl sites for hydroxylation is 1. The van der Waals surface area contributed by atoms with Crippen LogP contribution in [-0.2, 0) is 4.74 Å². The van der Waals surface area contributed by atoms with Gasteiger partial charge in [-0.15, -0.1) is 0 Å². The highest BCUT2D eigenvalue weighted by molar-refractivity contribution is 5.74. The van der Waals surface area contributed by atoms with Crippen LogP contribution in [0.1, 0.15) is 17.3 Å². The Bertz CT molecular complexity index is 536. The number of aromatic amines is 1. The van der Waals surface area contributed by atoms with Crippen LogP contribution in [0.4, 0.5) is 0 Å². The van der Waals surface area contributed by atoms with Crippen LogP contribution in [0.15, 0.2) is 12.3 Å². The minimum absolute atomic E-state index is 0.286. The average molecular weight is 232 g/mol. The van der Waals surface area contributed by atoms with Gasteiger partial charge in [0.1, 0.15) is 5.82 Å². The van der Waals surface area contributed by atoms with Gasteiger partial charge >= 0.3 is 0 Å². The SMILES string of the molecule is CNC1COCC1c1nc2nccc(C)c2[nH]1. The molecule has 0 amide bonds. The Morgan fingerprint density at radius 3 is 3.12 bits per heavy atom. The summed E-state index contributed by atoms with van der Waals surface area (Å²) >= 11 is 0. The van der Waals surface area contributed by atoms with Crippen molar-refractivity contribution < 1.29 is 4.74 Å². The summed E-state index contributed by atoms with van der Waals surface area (Å²) < 4.78 is 5.50. The molecule has 0 bridgehead atoms. The first-order valence-electron chi connectivity index (χ1n) is 5.86. The molecule has 2 unspecified atom stereocenters. The number of pyridine rings is 1. The predicted molar refractivity (Wildman–Crippen MR) is 65.0 cm³/mol. The van der Waals surface area contributed by atoms with Crippen molar-refractivity contribution in [2.75, 3.05) is 20.3 Å². The number of nitrogens with one attached hydrogen (secondary N) is 2. The van der Waals surface area contributed by atoms with Gasteiger partial charge in [-0.25, -0.2) is 9.97 Å². The minimum Gasteiger partial charge on any atom is -0.379 e. The second-order valence-corrected chi connectivity index (χ2v) is 4.49. The Morgan fingerprint density at radius 1 is 1.47 bits per heavy atom. The number of H-pyrrole nitrogens is 1. The topological polar surface area (TPSA) is 62.8 Å². The molecule has 2 N–H and O–H groups in total. The number of rotatable bonds is 2. The van der Waals surface area contributed by atoms with E-state index in [2.05, 4.69) is 27.2 Å². The summed E-state index contributed by atoms with van der Waals surface area (Å²) in [5.74, 6) is 1.26. The molecule has 5 heteroatoms. The van der Waals surface area contributed by atoms with Crippen molar-refractivity contribution >= 4 is 11.2 Å². The number of fused-ring (bicyclic) bond motifs is 1. The van der Waals surface area contributed by atoms with E-state index < -0.39 is 0 Å². The van der Waals surface area contributed by atoms with Crippen molar-refractivity contribution in [1.29, 1.82) is 0 Å². The van der Waals surface area contributed by atoms with Gasteiger partial charge in [-0.05, 0) is 25.6 Å². The molecule has 1 aliphatic rings. The molecule has 3 heterocycles. The molecule has 0 aromatic carbocycles. The van der Waals surface area contributed by atoms with Crippen LogP contribution in [0.25, 0.3) is 11.2 Å². The van der Waals surface area contributed by atoms with Crippen LogP contribution in [-0.4, -0.2) is 41.3 Å². The van der Waals surface area contributed by atoms with Crippen LogP contribution in [0.5, 0.6) is 0 Å². The van der Waals surface area contributed by atoms with E-state index in [9.17, 15) is 0 Å². The summed E-state index contributed by atoms with van der Waals surface area (Å²) in [6, 6.07) is 2.32. The van der Waals surface area contributed by atoms with E-state index >= 15 is 0 Å². The van der Waals surface area contributed by atoms with Gasteiger partial charge in [0, 0.05) is 12.2 Å². The molecule has 0 aliphatic carbocycles. The standard InChI is InChI=1S/C12H16N4O/c1-7-3-4-14-12-10(7)15-11(16-12)8-5-17-6-9(8)13-2/h3-4,8-9,13H,5-6H2,1-2H3,(H,14,15,16). The molecule has 0 saturated carbocycles. The zero-order valence-electron chi connectivity index (χ0n) is 10.0. The maximum atomic E-state index is 5.50. The first-order valence-corrected chi connectivity index (χ1v) is 5.86. The Hall–Kier alpha value is -1.46. The summed E-state index contributed by atoms with van der Waals surface area (Å²) in [6.45, 7) is 3.52. The molecule has 17 heavy (non-hydrogen) atoms. The summed E-state index contributed by atoms with van der Waals surface area (Å²) in [6.07, 6.45) is 1.79. The zero-order chi connectivity index (χ0) is 11.8. The molecule has 0 radical (unpaired) electrons. The molecule has 2 aromatic heterocycles. The number of ether oxygens (including phenoxy) is 1. The van der Waals surface area contributed by atoms with E-state index in [0.29, 0.717) is 12.6 Å². The number of hydrogen-bond acceptors (Lipinski definition) is 4. The van der Waals surface area contributed by atoms with Gasteiger partial charge in [-0.2, -0.15) is 0 Å². The maximum absolute atomic E-state index is 5.50. The van der Waals surface area contributed by atoms with Gasteiger partial charge in [-0.1, -0.05) is 0 Å². The summed E-state index contributed by atoms with van der Waals surface area (Å²) in [5.41, 5.74) is 3.00. The van der Waals surface area contributed by atoms with E-state index in [1.807, 2.05) is 13.1 Å². The molecule has 90 valence electrons. The van der Waals surface area contributed by atoms with Gasteiger partial charge in [0.05, 0.1) is 24.6 Å². The molecule has 1 saturated heterocycles. The smallest absolute Gasteiger partial charge is 0.177 e. The Balaban J connectivity index is 2.03. The van der Waals surface area contributed by atoms with E-state index in [0.717, 1.165) is 23.6 Å². The molecule has 2 atom stereocenters. The third-order valence-corrected chi connectivity index (χ3v) is 3.42. The van der Waals surface area contributed by atoms with E-state index in [1.54, 1.807) is 6.20 Å². The molecule has 0 spiro atoms. The van der Waals surface area contributed by atoms with Gasteiger partial charge < -0.3 is 15.0 Å². The minimum atomic E-state index is 0.286. The van der Waals surface area contributed by atoms with Crippen LogP contribution in [0.2, 0.25) is 0 Å². The predicted octanol–water partition coefficient (Wildman–Crippen LogP) is 0.968. The highest BCUT2D eigenvalue weighted by Crippen LogP contribution is 2.25. The lowest BCUT2D eigenvalue weighted by Gasteiger charge is -2.13. The van der Waals surface area contributed by atoms with Crippen molar-refractivity contribution in [3.63, 3.8) is 0 Å². The normalized spacial score (nSPS) is 24.6. The summed E-state index contributed by atoms with van der Waals surface area (Å²) in [5, 5.41) is 3.27. The van der Waals surface area contributed by atoms with E-state index in [4.69, 9.17) is 4.74 Å². The van der Waals surface area contributed by atoms with Crippen molar-refractivity contribution in [3.05, 3.63) is 23.7 Å². The average Bonchev–Trinajstić information content (AvgIpc) is 2.94. The molecular formula is C12H16N4O. The van der Waals surface area contributed by atoms with Crippen molar-refractivity contribution in [2.24, 2.45) is 0 Å². The highest BCUT2D eigenvalue weighted by atomic mass is 16.5. The van der Waals surface area contributed by atoms with Crippen LogP contribution >= 0.6 is 0 Å². The van der Waals surface area contributed by atoms with Gasteiger partial charge in [-0.3, -0.25) is 0 Å². The number of hydrogen-bond donors (Lipinski definition) is 2. The van der Waals surface area contributed by atoms with Crippen LogP contribution in [0.3, 0.4) is 0 Å². The number of nitrogens with zero attached hydrogens (tertiary/aromatic N) is 2. The fraction of sp³-hybridized carbons (Fsp3) is 0.500. The second kappa shape index (κ2) is 4.09. The lowest BCUT2D eigenvalue weighted by molar-refractivity contribution is 0.188. The zero-order valence-corrected chi connectivity index (χ0v) is 10.0. The van der Waals surface area contributed by atoms with Crippen LogP contribution < -0.4 is 5.32 Å². The number of imidazole rings is 1. The monoisotopic (exact) mass is 232 g/mol. The van der Waals surface area contributed by atoms with Gasteiger partial charge in [0.15, 0.2) is 5.65 Å². The van der Waals surface area contributed by atoms with Gasteiger partial charge in [0.25, 0.3) is 0 Å². The Morgan fingerprint density at radius 2 is 2.35 bits per heavy atom. The van der Waals surface area contributed by atoms with E-state index in [-0.39, 0.29) is 5.92 Å².